The van der Waals surface area contributed by atoms with Crippen LogP contribution in [0.2, 0.25) is 0 Å². The number of aliphatic imine (C=N–C) groups is 1. The molecule has 2 aromatic rings. The molecule has 0 saturated carbocycles. The Morgan fingerprint density at radius 2 is 2.00 bits per heavy atom. The third-order valence-corrected chi connectivity index (χ3v) is 7.13. The molecule has 0 spiro atoms. The Labute approximate surface area is 205 Å². The van der Waals surface area contributed by atoms with Crippen molar-refractivity contribution in [1.82, 2.24) is 10.3 Å². The van der Waals surface area contributed by atoms with Crippen LogP contribution in [-0.4, -0.2) is 36.0 Å². The quantitative estimate of drug-likeness (QED) is 0.478. The van der Waals surface area contributed by atoms with Crippen molar-refractivity contribution >= 4 is 28.7 Å². The molecule has 0 bridgehead atoms. The van der Waals surface area contributed by atoms with Crippen molar-refractivity contribution in [2.24, 2.45) is 4.99 Å². The summed E-state index contributed by atoms with van der Waals surface area (Å²) >= 11 is 0. The Bertz CT molecular complexity index is 1350. The molecular weight excluding hydrogens is 438 g/mol. The van der Waals surface area contributed by atoms with Crippen LogP contribution in [0, 0.1) is 0 Å². The smallest absolute Gasteiger partial charge is 0.251 e. The Kier molecular flexibility index (Phi) is 6.20. The van der Waals surface area contributed by atoms with Crippen LogP contribution in [-0.2, 0) is 16.0 Å². The maximum Gasteiger partial charge on any atom is 0.251 e. The molecule has 2 heterocycles. The number of fused-ring (bicyclic) bond motifs is 3. The van der Waals surface area contributed by atoms with E-state index in [0.29, 0.717) is 17.1 Å². The van der Waals surface area contributed by atoms with Crippen molar-refractivity contribution in [2.75, 3.05) is 13.7 Å². The predicted molar refractivity (Wildman–Crippen MR) is 138 cm³/mol. The van der Waals surface area contributed by atoms with Crippen molar-refractivity contribution in [1.29, 1.82) is 0 Å². The third kappa shape index (κ3) is 4.25. The molecule has 2 aliphatic carbocycles. The molecule has 6 nitrogen and oxygen atoms in total. The van der Waals surface area contributed by atoms with E-state index in [1.54, 1.807) is 14.0 Å². The van der Waals surface area contributed by atoms with Gasteiger partial charge in [-0.25, -0.2) is 4.99 Å². The fourth-order valence-electron chi connectivity index (χ4n) is 5.36. The van der Waals surface area contributed by atoms with Crippen LogP contribution in [0.5, 0.6) is 5.75 Å². The van der Waals surface area contributed by atoms with E-state index >= 15 is 0 Å². The maximum absolute atomic E-state index is 12.8. The molecule has 1 aromatic carbocycles. The topological polar surface area (TPSA) is 80.7 Å². The molecular formula is C29H29N3O3. The molecule has 0 radical (unpaired) electrons. The van der Waals surface area contributed by atoms with Gasteiger partial charge >= 0.3 is 0 Å². The molecule has 5 rings (SSSR count). The summed E-state index contributed by atoms with van der Waals surface area (Å²) in [5.74, 6) is 0.442. The normalized spacial score (nSPS) is 17.7. The molecule has 6 heteroatoms. The number of amides is 1. The lowest BCUT2D eigenvalue weighted by atomic mass is 9.80. The van der Waals surface area contributed by atoms with E-state index in [0.717, 1.165) is 61.9 Å². The Morgan fingerprint density at radius 3 is 2.80 bits per heavy atom. The number of rotatable bonds is 5. The number of benzene rings is 1. The fraction of sp³-hybridized carbons (Fsp3) is 0.310. The van der Waals surface area contributed by atoms with Gasteiger partial charge in [0, 0.05) is 23.9 Å². The van der Waals surface area contributed by atoms with E-state index in [1.807, 2.05) is 24.4 Å². The maximum atomic E-state index is 12.8. The molecule has 0 unspecified atom stereocenters. The lowest BCUT2D eigenvalue weighted by molar-refractivity contribution is -0.117. The van der Waals surface area contributed by atoms with Gasteiger partial charge in [-0.1, -0.05) is 12.2 Å². The van der Waals surface area contributed by atoms with Gasteiger partial charge in [0.1, 0.15) is 11.4 Å². The number of aryl methyl sites for hydroxylation is 1. The summed E-state index contributed by atoms with van der Waals surface area (Å²) in [5.41, 5.74) is 9.83. The van der Waals surface area contributed by atoms with Gasteiger partial charge in [-0.2, -0.15) is 0 Å². The van der Waals surface area contributed by atoms with Crippen molar-refractivity contribution < 1.29 is 14.3 Å². The van der Waals surface area contributed by atoms with E-state index in [1.165, 1.54) is 33.9 Å². The second-order valence-corrected chi connectivity index (χ2v) is 9.17. The van der Waals surface area contributed by atoms with E-state index in [9.17, 15) is 9.59 Å². The number of carbonyl (C=O) groups excluding carboxylic acids is 2. The summed E-state index contributed by atoms with van der Waals surface area (Å²) < 4.78 is 5.47. The minimum absolute atomic E-state index is 0.0838. The van der Waals surface area contributed by atoms with E-state index in [2.05, 4.69) is 23.0 Å². The number of hydrogen-bond acceptors (Lipinski definition) is 5. The molecule has 178 valence electrons. The number of nitrogens with one attached hydrogen (secondary N) is 1. The zero-order valence-corrected chi connectivity index (χ0v) is 20.2. The first-order chi connectivity index (χ1) is 17.0. The lowest BCUT2D eigenvalue weighted by Gasteiger charge is -2.26. The number of carbonyl (C=O) groups is 2. The van der Waals surface area contributed by atoms with Crippen molar-refractivity contribution in [3.63, 3.8) is 0 Å². The number of ketones is 1. The van der Waals surface area contributed by atoms with Gasteiger partial charge in [-0.15, -0.1) is 0 Å². The average molecular weight is 468 g/mol. The first-order valence-corrected chi connectivity index (χ1v) is 12.1. The Morgan fingerprint density at radius 1 is 1.14 bits per heavy atom. The SMILES string of the molecule is C=CC(=O)C(C)=Nc1cc(-c2cc3c(cn2)CCC2=C3CCCC3=C2C(=O)NCC3)ccc1OC. The zero-order chi connectivity index (χ0) is 24.5. The fourth-order valence-corrected chi connectivity index (χ4v) is 5.36. The number of methoxy groups -OCH3 is 1. The summed E-state index contributed by atoms with van der Waals surface area (Å²) in [7, 11) is 1.58. The molecule has 0 fully saturated rings. The van der Waals surface area contributed by atoms with Crippen LogP contribution in [0.1, 0.15) is 50.2 Å². The largest absolute Gasteiger partial charge is 0.494 e. The van der Waals surface area contributed by atoms with E-state index in [-0.39, 0.29) is 11.7 Å². The monoisotopic (exact) mass is 467 g/mol. The van der Waals surface area contributed by atoms with Crippen LogP contribution in [0.25, 0.3) is 16.8 Å². The highest BCUT2D eigenvalue weighted by Crippen LogP contribution is 2.44. The van der Waals surface area contributed by atoms with Crippen LogP contribution >= 0.6 is 0 Å². The lowest BCUT2D eigenvalue weighted by Crippen LogP contribution is -2.32. The number of hydrogen-bond donors (Lipinski definition) is 1. The van der Waals surface area contributed by atoms with Gasteiger partial charge in [-0.05, 0) is 98.1 Å². The van der Waals surface area contributed by atoms with Gasteiger partial charge in [-0.3, -0.25) is 14.6 Å². The van der Waals surface area contributed by atoms with Crippen LogP contribution in [0.4, 0.5) is 5.69 Å². The van der Waals surface area contributed by atoms with Gasteiger partial charge in [0.25, 0.3) is 5.91 Å². The predicted octanol–water partition coefficient (Wildman–Crippen LogP) is 5.30. The number of nitrogens with zero attached hydrogens (tertiary/aromatic N) is 2. The molecule has 1 amide bonds. The second kappa shape index (κ2) is 9.45. The summed E-state index contributed by atoms with van der Waals surface area (Å²) in [6, 6.07) is 7.85. The highest BCUT2D eigenvalue weighted by Gasteiger charge is 2.31. The van der Waals surface area contributed by atoms with Gasteiger partial charge in [0.2, 0.25) is 0 Å². The summed E-state index contributed by atoms with van der Waals surface area (Å²) in [4.78, 5) is 34.0. The van der Waals surface area contributed by atoms with Crippen molar-refractivity contribution in [2.45, 2.75) is 45.4 Å². The Hall–Kier alpha value is -3.80. The molecule has 1 N–H and O–H groups in total. The third-order valence-electron chi connectivity index (χ3n) is 7.13. The van der Waals surface area contributed by atoms with Crippen LogP contribution < -0.4 is 10.1 Å². The molecule has 1 aromatic heterocycles. The van der Waals surface area contributed by atoms with Gasteiger partial charge < -0.3 is 10.1 Å². The second-order valence-electron chi connectivity index (χ2n) is 9.17. The number of pyridine rings is 1. The van der Waals surface area contributed by atoms with Crippen molar-refractivity contribution in [3.05, 3.63) is 71.0 Å². The first kappa shape index (κ1) is 23.0. The minimum Gasteiger partial charge on any atom is -0.494 e. The van der Waals surface area contributed by atoms with E-state index < -0.39 is 0 Å². The number of allylic oxidation sites excluding steroid dienone is 2. The summed E-state index contributed by atoms with van der Waals surface area (Å²) in [5, 5.41) is 3.05. The Balaban J connectivity index is 1.59. The number of aromatic nitrogens is 1. The van der Waals surface area contributed by atoms with Gasteiger partial charge in [0.15, 0.2) is 5.78 Å². The standard InChI is InChI=1S/C29H29N3O3/c1-4-26(33)17(2)32-25-14-19(9-11-27(25)35-3)24-15-23-20(16-31-24)8-10-22-21(23)7-5-6-18-12-13-30-29(34)28(18)22/h4,9,11,14-16H,1,5-8,10,12-13H2,2-3H3,(H,30,34). The van der Waals surface area contributed by atoms with Crippen LogP contribution in [0.3, 0.4) is 0 Å². The molecule has 35 heavy (non-hydrogen) atoms. The zero-order valence-electron chi connectivity index (χ0n) is 20.2. The molecule has 0 atom stereocenters. The van der Waals surface area contributed by atoms with Gasteiger partial charge in [0.05, 0.1) is 18.5 Å². The highest BCUT2D eigenvalue weighted by molar-refractivity contribution is 6.43. The molecule has 1 aliphatic heterocycles. The highest BCUT2D eigenvalue weighted by atomic mass is 16.5. The summed E-state index contributed by atoms with van der Waals surface area (Å²) in [6.07, 6.45) is 8.95. The first-order valence-electron chi connectivity index (χ1n) is 12.1. The average Bonchev–Trinajstić information content (AvgIpc) is 3.08. The number of ether oxygens (including phenoxy) is 1. The molecule has 3 aliphatic rings. The molecule has 0 saturated heterocycles. The van der Waals surface area contributed by atoms with E-state index in [4.69, 9.17) is 9.72 Å². The minimum atomic E-state index is -0.224. The van der Waals surface area contributed by atoms with Crippen LogP contribution in [0.15, 0.2) is 64.8 Å². The summed E-state index contributed by atoms with van der Waals surface area (Å²) in [6.45, 7) is 5.94. The van der Waals surface area contributed by atoms with Crippen molar-refractivity contribution in [3.8, 4) is 17.0 Å².